The van der Waals surface area contributed by atoms with Crippen molar-refractivity contribution in [2.75, 3.05) is 33.0 Å². The van der Waals surface area contributed by atoms with Crippen LogP contribution in [-0.2, 0) is 0 Å². The fourth-order valence-corrected chi connectivity index (χ4v) is 3.40. The van der Waals surface area contributed by atoms with Crippen LogP contribution in [0.3, 0.4) is 0 Å². The minimum atomic E-state index is -0.279. The monoisotopic (exact) mass is 349 g/mol. The zero-order valence-electron chi connectivity index (χ0n) is 14.3. The maximum Gasteiger partial charge on any atom is 0.254 e. The quantitative estimate of drug-likeness (QED) is 0.851. The third-order valence-corrected chi connectivity index (χ3v) is 4.82. The van der Waals surface area contributed by atoms with E-state index in [0.717, 1.165) is 5.56 Å². The fraction of sp³-hybridized carbons (Fsp3) is 0.300. The molecule has 2 aromatic rings. The molecule has 0 unspecified atom stereocenters. The van der Waals surface area contributed by atoms with Gasteiger partial charge >= 0.3 is 0 Å². The first-order chi connectivity index (χ1) is 12.8. The number of fused-ring (bicyclic) bond motifs is 1. The molecule has 0 bridgehead atoms. The predicted octanol–water partition coefficient (Wildman–Crippen LogP) is 2.44. The largest absolute Gasteiger partial charge is 0.454 e. The summed E-state index contributed by atoms with van der Waals surface area (Å²) in [6, 6.07) is 17.2. The van der Waals surface area contributed by atoms with Gasteiger partial charge in [-0.3, -0.25) is 9.69 Å². The lowest BCUT2D eigenvalue weighted by Gasteiger charge is -2.37. The van der Waals surface area contributed by atoms with Gasteiger partial charge in [-0.1, -0.05) is 30.3 Å². The number of carbonyl (C=O) groups excluding carboxylic acids is 1. The maximum absolute atomic E-state index is 12.8. The first-order valence-electron chi connectivity index (χ1n) is 8.64. The molecule has 0 aliphatic carbocycles. The Hall–Kier alpha value is -3.04. The predicted molar refractivity (Wildman–Crippen MR) is 94.8 cm³/mol. The molecule has 1 fully saturated rings. The smallest absolute Gasteiger partial charge is 0.254 e. The van der Waals surface area contributed by atoms with Crippen LogP contribution < -0.4 is 9.47 Å². The Bertz CT molecular complexity index is 839. The number of nitrogens with zero attached hydrogens (tertiary/aromatic N) is 3. The van der Waals surface area contributed by atoms with E-state index < -0.39 is 0 Å². The Kier molecular flexibility index (Phi) is 4.46. The Morgan fingerprint density at radius 1 is 1.00 bits per heavy atom. The van der Waals surface area contributed by atoms with Gasteiger partial charge in [-0.15, -0.1) is 0 Å². The second-order valence-corrected chi connectivity index (χ2v) is 6.34. The van der Waals surface area contributed by atoms with E-state index in [1.165, 1.54) is 0 Å². The molecular weight excluding hydrogens is 330 g/mol. The summed E-state index contributed by atoms with van der Waals surface area (Å²) in [6.45, 7) is 2.73. The zero-order chi connectivity index (χ0) is 17.9. The van der Waals surface area contributed by atoms with Crippen molar-refractivity contribution in [2.24, 2.45) is 0 Å². The molecule has 0 radical (unpaired) electrons. The standard InChI is InChI=1S/C20H19N3O3/c21-13-17(15-4-2-1-3-5-15)22-8-10-23(11-9-22)20(24)16-6-7-18-19(12-16)26-14-25-18/h1-7,12,17H,8-11,14H2/t17-/m0/s1. The van der Waals surface area contributed by atoms with Crippen LogP contribution in [0.25, 0.3) is 0 Å². The van der Waals surface area contributed by atoms with Crippen LogP contribution in [0.5, 0.6) is 11.5 Å². The number of carbonyl (C=O) groups is 1. The zero-order valence-corrected chi connectivity index (χ0v) is 14.3. The topological polar surface area (TPSA) is 65.8 Å². The molecule has 0 N–H and O–H groups in total. The van der Waals surface area contributed by atoms with Crippen LogP contribution in [-0.4, -0.2) is 48.7 Å². The summed E-state index contributed by atoms with van der Waals surface area (Å²) >= 11 is 0. The summed E-state index contributed by atoms with van der Waals surface area (Å²) in [5.74, 6) is 1.27. The molecule has 26 heavy (non-hydrogen) atoms. The van der Waals surface area contributed by atoms with Gasteiger partial charge in [0.25, 0.3) is 5.91 Å². The van der Waals surface area contributed by atoms with Gasteiger partial charge in [0.2, 0.25) is 6.79 Å². The highest BCUT2D eigenvalue weighted by molar-refractivity contribution is 5.95. The molecule has 2 aliphatic rings. The molecule has 6 nitrogen and oxygen atoms in total. The average molecular weight is 349 g/mol. The van der Waals surface area contributed by atoms with E-state index in [1.54, 1.807) is 18.2 Å². The Morgan fingerprint density at radius 3 is 2.46 bits per heavy atom. The summed E-state index contributed by atoms with van der Waals surface area (Å²) in [6.07, 6.45) is 0. The van der Waals surface area contributed by atoms with E-state index in [1.807, 2.05) is 35.2 Å². The number of ether oxygens (including phenoxy) is 2. The average Bonchev–Trinajstić information content (AvgIpc) is 3.17. The van der Waals surface area contributed by atoms with Gasteiger partial charge in [0.05, 0.1) is 6.07 Å². The van der Waals surface area contributed by atoms with Crippen molar-refractivity contribution in [2.45, 2.75) is 6.04 Å². The van der Waals surface area contributed by atoms with Crippen molar-refractivity contribution in [1.29, 1.82) is 5.26 Å². The second-order valence-electron chi connectivity index (χ2n) is 6.34. The summed E-state index contributed by atoms with van der Waals surface area (Å²) in [5, 5.41) is 9.58. The summed E-state index contributed by atoms with van der Waals surface area (Å²) in [4.78, 5) is 16.7. The number of rotatable bonds is 3. The van der Waals surface area contributed by atoms with Gasteiger partial charge in [0.15, 0.2) is 11.5 Å². The van der Waals surface area contributed by atoms with E-state index in [4.69, 9.17) is 9.47 Å². The van der Waals surface area contributed by atoms with E-state index in [2.05, 4.69) is 11.0 Å². The third-order valence-electron chi connectivity index (χ3n) is 4.82. The lowest BCUT2D eigenvalue weighted by molar-refractivity contribution is 0.0606. The lowest BCUT2D eigenvalue weighted by Crippen LogP contribution is -2.49. The minimum Gasteiger partial charge on any atom is -0.454 e. The third kappa shape index (κ3) is 3.09. The van der Waals surface area contributed by atoms with Crippen molar-refractivity contribution < 1.29 is 14.3 Å². The Balaban J connectivity index is 1.42. The minimum absolute atomic E-state index is 0.0174. The number of amides is 1. The van der Waals surface area contributed by atoms with Gasteiger partial charge < -0.3 is 14.4 Å². The highest BCUT2D eigenvalue weighted by atomic mass is 16.7. The number of benzene rings is 2. The fourth-order valence-electron chi connectivity index (χ4n) is 3.40. The molecule has 6 heteroatoms. The van der Waals surface area contributed by atoms with Crippen LogP contribution >= 0.6 is 0 Å². The molecule has 1 atom stereocenters. The molecule has 0 spiro atoms. The lowest BCUT2D eigenvalue weighted by atomic mass is 10.1. The van der Waals surface area contributed by atoms with E-state index in [9.17, 15) is 10.1 Å². The molecule has 0 saturated carbocycles. The highest BCUT2D eigenvalue weighted by Crippen LogP contribution is 2.33. The molecule has 132 valence electrons. The van der Waals surface area contributed by atoms with Gasteiger partial charge in [0.1, 0.15) is 6.04 Å². The van der Waals surface area contributed by atoms with Gasteiger partial charge in [-0.05, 0) is 23.8 Å². The summed E-state index contributed by atoms with van der Waals surface area (Å²) < 4.78 is 10.6. The number of piperazine rings is 1. The maximum atomic E-state index is 12.8. The van der Waals surface area contributed by atoms with Crippen LogP contribution in [0.4, 0.5) is 0 Å². The van der Waals surface area contributed by atoms with Crippen LogP contribution in [0.2, 0.25) is 0 Å². The molecular formula is C20H19N3O3. The Labute approximate surface area is 152 Å². The number of hydrogen-bond donors (Lipinski definition) is 0. The first kappa shape index (κ1) is 16.4. The SMILES string of the molecule is N#C[C@@H](c1ccccc1)N1CCN(C(=O)c2ccc3c(c2)OCO3)CC1. The van der Waals surface area contributed by atoms with Gasteiger partial charge in [0, 0.05) is 31.7 Å². The summed E-state index contributed by atoms with van der Waals surface area (Å²) in [7, 11) is 0. The highest BCUT2D eigenvalue weighted by Gasteiger charge is 2.28. The molecule has 2 aromatic carbocycles. The number of hydrogen-bond acceptors (Lipinski definition) is 5. The van der Waals surface area contributed by atoms with Crippen LogP contribution in [0, 0.1) is 11.3 Å². The van der Waals surface area contributed by atoms with Crippen molar-refractivity contribution >= 4 is 5.91 Å². The van der Waals surface area contributed by atoms with Crippen molar-refractivity contribution in [1.82, 2.24) is 9.80 Å². The van der Waals surface area contributed by atoms with Crippen LogP contribution in [0.15, 0.2) is 48.5 Å². The molecule has 1 amide bonds. The van der Waals surface area contributed by atoms with Crippen molar-refractivity contribution in [3.63, 3.8) is 0 Å². The van der Waals surface area contributed by atoms with Crippen LogP contribution in [0.1, 0.15) is 22.0 Å². The second kappa shape index (κ2) is 7.06. The molecule has 2 heterocycles. The molecule has 1 saturated heterocycles. The van der Waals surface area contributed by atoms with E-state index >= 15 is 0 Å². The van der Waals surface area contributed by atoms with E-state index in [-0.39, 0.29) is 18.7 Å². The first-order valence-corrected chi connectivity index (χ1v) is 8.64. The summed E-state index contributed by atoms with van der Waals surface area (Å²) in [5.41, 5.74) is 1.59. The van der Waals surface area contributed by atoms with Crippen molar-refractivity contribution in [3.8, 4) is 17.6 Å². The number of nitriles is 1. The van der Waals surface area contributed by atoms with Crippen molar-refractivity contribution in [3.05, 3.63) is 59.7 Å². The molecule has 0 aromatic heterocycles. The Morgan fingerprint density at radius 2 is 1.73 bits per heavy atom. The van der Waals surface area contributed by atoms with Gasteiger partial charge in [-0.25, -0.2) is 0 Å². The van der Waals surface area contributed by atoms with Gasteiger partial charge in [-0.2, -0.15) is 5.26 Å². The molecule has 2 aliphatic heterocycles. The normalized spacial score (nSPS) is 17.6. The molecule has 4 rings (SSSR count). The van der Waals surface area contributed by atoms with E-state index in [0.29, 0.717) is 43.2 Å².